The second-order valence-electron chi connectivity index (χ2n) is 5.05. The molecule has 4 rings (SSSR count). The van der Waals surface area contributed by atoms with Crippen molar-refractivity contribution in [3.63, 3.8) is 0 Å². The van der Waals surface area contributed by atoms with Gasteiger partial charge in [0.2, 0.25) is 0 Å². The van der Waals surface area contributed by atoms with Crippen molar-refractivity contribution in [2.24, 2.45) is 0 Å². The fourth-order valence-corrected chi connectivity index (χ4v) is 2.64. The van der Waals surface area contributed by atoms with E-state index < -0.39 is 0 Å². The lowest BCUT2D eigenvalue weighted by Crippen LogP contribution is -2.02. The molecule has 1 aromatic carbocycles. The van der Waals surface area contributed by atoms with E-state index in [1.165, 1.54) is 0 Å². The van der Waals surface area contributed by atoms with Crippen molar-refractivity contribution >= 4 is 22.6 Å². The largest absolute Gasteiger partial charge is 0.343 e. The van der Waals surface area contributed by atoms with E-state index in [4.69, 9.17) is 11.6 Å². The van der Waals surface area contributed by atoms with Crippen LogP contribution >= 0.6 is 11.6 Å². The van der Waals surface area contributed by atoms with E-state index in [0.717, 1.165) is 28.1 Å². The average Bonchev–Trinajstić information content (AvgIpc) is 3.14. The number of aromatic nitrogens is 5. The number of nitrogens with one attached hydrogen (secondary N) is 1. The molecule has 0 aliphatic carbocycles. The fraction of sp³-hybridized carbons (Fsp3) is 0.0625. The van der Waals surface area contributed by atoms with Crippen molar-refractivity contribution < 1.29 is 0 Å². The molecule has 0 saturated heterocycles. The number of aromatic amines is 1. The maximum Gasteiger partial charge on any atom is 0.166 e. The molecule has 108 valence electrons. The van der Waals surface area contributed by atoms with Crippen LogP contribution in [0.25, 0.3) is 28.2 Å². The molecule has 5 nitrogen and oxygen atoms in total. The van der Waals surface area contributed by atoms with Crippen LogP contribution in [0, 0.1) is 6.92 Å². The van der Waals surface area contributed by atoms with Crippen molar-refractivity contribution in [2.75, 3.05) is 0 Å². The minimum absolute atomic E-state index is 0.613. The van der Waals surface area contributed by atoms with Crippen LogP contribution in [0.15, 0.2) is 48.8 Å². The molecule has 0 unspecified atom stereocenters. The molecule has 0 amide bonds. The zero-order valence-electron chi connectivity index (χ0n) is 11.8. The molecule has 1 N–H and O–H groups in total. The molecular weight excluding hydrogens is 298 g/mol. The summed E-state index contributed by atoms with van der Waals surface area (Å²) in [5, 5.41) is 5.88. The number of aryl methyl sites for hydroxylation is 1. The highest BCUT2D eigenvalue weighted by atomic mass is 35.5. The van der Waals surface area contributed by atoms with Crippen molar-refractivity contribution in [1.29, 1.82) is 0 Å². The monoisotopic (exact) mass is 309 g/mol. The van der Waals surface area contributed by atoms with E-state index in [1.807, 2.05) is 49.5 Å². The maximum atomic E-state index is 6.08. The summed E-state index contributed by atoms with van der Waals surface area (Å²) in [5.74, 6) is 1.36. The number of H-pyrrole nitrogens is 1. The van der Waals surface area contributed by atoms with Gasteiger partial charge in [-0.05, 0) is 31.2 Å². The SMILES string of the molecule is Cc1cc2c(-n3cccn3)nc(-c3cccc(Cl)c3)nc2[nH]1. The summed E-state index contributed by atoms with van der Waals surface area (Å²) in [6.07, 6.45) is 3.60. The van der Waals surface area contributed by atoms with Gasteiger partial charge in [0.1, 0.15) is 5.65 Å². The van der Waals surface area contributed by atoms with Gasteiger partial charge in [0.25, 0.3) is 0 Å². The van der Waals surface area contributed by atoms with Crippen LogP contribution in [0.1, 0.15) is 5.69 Å². The molecule has 6 heteroatoms. The predicted molar refractivity (Wildman–Crippen MR) is 86.2 cm³/mol. The Morgan fingerprint density at radius 2 is 2.05 bits per heavy atom. The second-order valence-corrected chi connectivity index (χ2v) is 5.48. The maximum absolute atomic E-state index is 6.08. The lowest BCUT2D eigenvalue weighted by molar-refractivity contribution is 0.853. The number of halogens is 1. The number of hydrogen-bond donors (Lipinski definition) is 1. The van der Waals surface area contributed by atoms with Crippen molar-refractivity contribution in [3.8, 4) is 17.2 Å². The third-order valence-corrected chi connectivity index (χ3v) is 3.64. The normalized spacial score (nSPS) is 11.2. The predicted octanol–water partition coefficient (Wildman–Crippen LogP) is 3.77. The molecular formula is C16H12ClN5. The molecule has 0 bridgehead atoms. The highest BCUT2D eigenvalue weighted by Crippen LogP contribution is 2.25. The highest BCUT2D eigenvalue weighted by Gasteiger charge is 2.13. The molecule has 22 heavy (non-hydrogen) atoms. The smallest absolute Gasteiger partial charge is 0.166 e. The van der Waals surface area contributed by atoms with Crippen molar-refractivity contribution in [1.82, 2.24) is 24.7 Å². The summed E-state index contributed by atoms with van der Waals surface area (Å²) in [6, 6.07) is 11.4. The van der Waals surface area contributed by atoms with Gasteiger partial charge in [-0.3, -0.25) is 0 Å². The Morgan fingerprint density at radius 1 is 1.14 bits per heavy atom. The minimum atomic E-state index is 0.613. The molecule has 0 saturated carbocycles. The van der Waals surface area contributed by atoms with Gasteiger partial charge in [-0.25, -0.2) is 14.6 Å². The number of fused-ring (bicyclic) bond motifs is 1. The van der Waals surface area contributed by atoms with Gasteiger partial charge in [-0.15, -0.1) is 0 Å². The lowest BCUT2D eigenvalue weighted by atomic mass is 10.2. The van der Waals surface area contributed by atoms with Gasteiger partial charge in [0.05, 0.1) is 5.39 Å². The molecule has 4 aromatic rings. The minimum Gasteiger partial charge on any atom is -0.343 e. The lowest BCUT2D eigenvalue weighted by Gasteiger charge is -2.06. The molecule has 0 spiro atoms. The Kier molecular flexibility index (Phi) is 2.94. The molecule has 0 atom stereocenters. The third-order valence-electron chi connectivity index (χ3n) is 3.41. The van der Waals surface area contributed by atoms with Gasteiger partial charge in [-0.2, -0.15) is 5.10 Å². The van der Waals surface area contributed by atoms with E-state index in [9.17, 15) is 0 Å². The fourth-order valence-electron chi connectivity index (χ4n) is 2.45. The van der Waals surface area contributed by atoms with Crippen LogP contribution in [0.5, 0.6) is 0 Å². The Hall–Kier alpha value is -2.66. The number of rotatable bonds is 2. The van der Waals surface area contributed by atoms with Crippen LogP contribution in [0.4, 0.5) is 0 Å². The molecule has 3 heterocycles. The van der Waals surface area contributed by atoms with Crippen molar-refractivity contribution in [2.45, 2.75) is 6.92 Å². The van der Waals surface area contributed by atoms with E-state index in [2.05, 4.69) is 20.1 Å². The quantitative estimate of drug-likeness (QED) is 0.613. The van der Waals surface area contributed by atoms with Gasteiger partial charge in [0, 0.05) is 28.7 Å². The zero-order valence-corrected chi connectivity index (χ0v) is 12.5. The topological polar surface area (TPSA) is 59.4 Å². The zero-order chi connectivity index (χ0) is 15.1. The number of benzene rings is 1. The average molecular weight is 310 g/mol. The van der Waals surface area contributed by atoms with E-state index in [0.29, 0.717) is 10.8 Å². The molecule has 0 aliphatic rings. The first-order chi connectivity index (χ1) is 10.7. The summed E-state index contributed by atoms with van der Waals surface area (Å²) < 4.78 is 1.74. The summed E-state index contributed by atoms with van der Waals surface area (Å²) in [4.78, 5) is 12.6. The number of nitrogens with zero attached hydrogens (tertiary/aromatic N) is 4. The first kappa shape index (κ1) is 13.0. The van der Waals surface area contributed by atoms with Crippen LogP contribution in [-0.4, -0.2) is 24.7 Å². The standard InChI is InChI=1S/C16H12ClN5/c1-10-8-13-15(19-10)20-14(11-4-2-5-12(17)9-11)21-16(13)22-7-3-6-18-22/h2-9H,1H3,(H,19,20,21). The van der Waals surface area contributed by atoms with E-state index >= 15 is 0 Å². The summed E-state index contributed by atoms with van der Waals surface area (Å²) in [6.45, 7) is 1.99. The summed E-state index contributed by atoms with van der Waals surface area (Å²) >= 11 is 6.08. The third kappa shape index (κ3) is 2.16. The van der Waals surface area contributed by atoms with Crippen LogP contribution in [0.3, 0.4) is 0 Å². The van der Waals surface area contributed by atoms with Gasteiger partial charge in [-0.1, -0.05) is 23.7 Å². The molecule has 0 fully saturated rings. The Bertz CT molecular complexity index is 956. The van der Waals surface area contributed by atoms with E-state index in [-0.39, 0.29) is 0 Å². The highest BCUT2D eigenvalue weighted by molar-refractivity contribution is 6.30. The molecule has 3 aromatic heterocycles. The van der Waals surface area contributed by atoms with Gasteiger partial charge >= 0.3 is 0 Å². The first-order valence-corrected chi connectivity index (χ1v) is 7.22. The van der Waals surface area contributed by atoms with Crippen molar-refractivity contribution in [3.05, 3.63) is 59.5 Å². The first-order valence-electron chi connectivity index (χ1n) is 6.84. The van der Waals surface area contributed by atoms with Crippen LogP contribution in [0.2, 0.25) is 5.02 Å². The summed E-state index contributed by atoms with van der Waals surface area (Å²) in [5.41, 5.74) is 2.68. The summed E-state index contributed by atoms with van der Waals surface area (Å²) in [7, 11) is 0. The number of hydrogen-bond acceptors (Lipinski definition) is 3. The second kappa shape index (κ2) is 4.96. The Morgan fingerprint density at radius 3 is 2.82 bits per heavy atom. The van der Waals surface area contributed by atoms with E-state index in [1.54, 1.807) is 10.9 Å². The molecule has 0 radical (unpaired) electrons. The van der Waals surface area contributed by atoms with Gasteiger partial charge in [0.15, 0.2) is 11.6 Å². The van der Waals surface area contributed by atoms with Gasteiger partial charge < -0.3 is 4.98 Å². The van der Waals surface area contributed by atoms with Crippen LogP contribution in [-0.2, 0) is 0 Å². The Labute approximate surface area is 131 Å². The molecule has 0 aliphatic heterocycles. The van der Waals surface area contributed by atoms with Crippen LogP contribution < -0.4 is 0 Å². The Balaban J connectivity index is 2.01.